The summed E-state index contributed by atoms with van der Waals surface area (Å²) in [6.45, 7) is 0. The fraction of sp³-hybridized carbons (Fsp3) is 0.263. The average Bonchev–Trinajstić information content (AvgIpc) is 3.62. The fourth-order valence-corrected chi connectivity index (χ4v) is 19.0. The molecule has 7 rings (SSSR count). The molecular formula is C38H32F6O6Zr. The van der Waals surface area contributed by atoms with E-state index in [-0.39, 0.29) is 11.5 Å². The number of hydrogen-bond donors (Lipinski definition) is 0. The Bertz CT molecular complexity index is 1890. The summed E-state index contributed by atoms with van der Waals surface area (Å²) >= 11 is -5.30. The Kier molecular flexibility index (Phi) is 8.93. The molecule has 3 aliphatic rings. The number of fused-ring (bicyclic) bond motifs is 6. The van der Waals surface area contributed by atoms with Gasteiger partial charge in [-0.3, -0.25) is 0 Å². The molecule has 1 aliphatic heterocycles. The van der Waals surface area contributed by atoms with Gasteiger partial charge in [-0.05, 0) is 0 Å². The Morgan fingerprint density at radius 1 is 0.510 bits per heavy atom. The molecule has 0 bridgehead atoms. The van der Waals surface area contributed by atoms with E-state index in [1.807, 2.05) is 24.3 Å². The Morgan fingerprint density at radius 3 is 1.16 bits per heavy atom. The zero-order valence-electron chi connectivity index (χ0n) is 27.9. The normalized spacial score (nSPS) is 18.6. The van der Waals surface area contributed by atoms with Crippen LogP contribution in [0.2, 0.25) is 0 Å². The quantitative estimate of drug-likeness (QED) is 0.166. The molecule has 0 aromatic heterocycles. The van der Waals surface area contributed by atoms with Crippen molar-refractivity contribution in [3.05, 3.63) is 117 Å². The van der Waals surface area contributed by atoms with Crippen molar-refractivity contribution < 1.29 is 72.1 Å². The Labute approximate surface area is 295 Å². The number of rotatable bonds is 8. The summed E-state index contributed by atoms with van der Waals surface area (Å²) in [5.41, 5.74) is 3.55. The molecule has 13 heteroatoms. The summed E-state index contributed by atoms with van der Waals surface area (Å²) in [7, 11) is 6.10. The first-order valence-electron chi connectivity index (χ1n) is 15.9. The number of hydrogen-bond acceptors (Lipinski definition) is 6. The van der Waals surface area contributed by atoms with Crippen molar-refractivity contribution in [3.8, 4) is 34.5 Å². The van der Waals surface area contributed by atoms with Gasteiger partial charge in [-0.15, -0.1) is 0 Å². The van der Waals surface area contributed by atoms with Crippen LogP contribution in [0.25, 0.3) is 12.2 Å². The molecule has 2 atom stereocenters. The second kappa shape index (κ2) is 13.0. The molecule has 0 amide bonds. The third-order valence-electron chi connectivity index (χ3n) is 9.65. The van der Waals surface area contributed by atoms with Crippen molar-refractivity contribution in [2.45, 2.75) is 32.4 Å². The Hall–Kier alpha value is -4.38. The molecule has 1 fully saturated rings. The van der Waals surface area contributed by atoms with Gasteiger partial charge in [0.25, 0.3) is 0 Å². The average molecular weight is 790 g/mol. The summed E-state index contributed by atoms with van der Waals surface area (Å²) in [6.07, 6.45) is -3.86. The Balaban J connectivity index is 1.51. The molecule has 2 aliphatic carbocycles. The molecule has 0 N–H and O–H groups in total. The molecule has 51 heavy (non-hydrogen) atoms. The fourth-order valence-electron chi connectivity index (χ4n) is 7.42. The van der Waals surface area contributed by atoms with Crippen LogP contribution in [0, 0.1) is 0 Å². The standard InChI is InChI=1S/C24H24O4.2C7H5F3O.Zr/c1-25-21-11-17-7-15(8-18(17)12-22(21)26-2)5-6-16-9-19-13-23(27-3)24(28-4)14-20(19)10-16;2*8-7(9,10)5-1-3-6(11)4-2-5;/h7-14H,5-6H2,1-4H3;2*1-4,11H;/q;;;+2/p-2. The molecular weight excluding hydrogens is 758 g/mol. The minimum absolute atomic E-state index is 0.147. The monoisotopic (exact) mass is 788 g/mol. The zero-order chi connectivity index (χ0) is 36.3. The minimum atomic E-state index is -5.30. The van der Waals surface area contributed by atoms with E-state index >= 15 is 0 Å². The molecule has 266 valence electrons. The first-order valence-corrected chi connectivity index (χ1v) is 20.8. The summed E-state index contributed by atoms with van der Waals surface area (Å²) < 4.78 is 118. The number of halogens is 6. The van der Waals surface area contributed by atoms with E-state index in [4.69, 9.17) is 24.6 Å². The third kappa shape index (κ3) is 6.17. The van der Waals surface area contributed by atoms with Crippen LogP contribution in [0.3, 0.4) is 0 Å². The molecule has 0 radical (unpaired) electrons. The van der Waals surface area contributed by atoms with E-state index in [0.29, 0.717) is 35.8 Å². The van der Waals surface area contributed by atoms with Gasteiger partial charge in [-0.2, -0.15) is 0 Å². The number of alkyl halides is 6. The predicted octanol–water partition coefficient (Wildman–Crippen LogP) is 10.3. The topological polar surface area (TPSA) is 55.4 Å². The molecule has 4 aromatic carbocycles. The van der Waals surface area contributed by atoms with Crippen LogP contribution in [-0.4, -0.2) is 28.4 Å². The first-order chi connectivity index (χ1) is 24.3. The van der Waals surface area contributed by atoms with Crippen molar-refractivity contribution >= 4 is 12.2 Å². The van der Waals surface area contributed by atoms with E-state index in [1.54, 1.807) is 0 Å². The molecule has 0 spiro atoms. The van der Waals surface area contributed by atoms with Crippen LogP contribution >= 0.6 is 0 Å². The SMILES string of the molecule is COc1cc2c(cc1OC)[CH]1C(=C2)CCC2=Cc3cc(OC)c(OC)cc3[CH]2[Zr]1([O]c1ccc(C(F)(F)F)cc1)[O]c1ccc(C(F)(F)F)cc1. The van der Waals surface area contributed by atoms with Gasteiger partial charge < -0.3 is 0 Å². The Morgan fingerprint density at radius 2 is 0.843 bits per heavy atom. The number of allylic oxidation sites excluding steroid dienone is 2. The number of ether oxygens (including phenoxy) is 4. The summed E-state index contributed by atoms with van der Waals surface area (Å²) in [4.78, 5) is 0. The predicted molar refractivity (Wildman–Crippen MR) is 174 cm³/mol. The van der Waals surface area contributed by atoms with Crippen LogP contribution in [-0.2, 0) is 33.5 Å². The number of methoxy groups -OCH3 is 4. The molecule has 4 aromatic rings. The molecule has 1 heterocycles. The van der Waals surface area contributed by atoms with Gasteiger partial charge in [0.15, 0.2) is 0 Å². The second-order valence-corrected chi connectivity index (χ2v) is 19.8. The van der Waals surface area contributed by atoms with Gasteiger partial charge in [0.2, 0.25) is 0 Å². The van der Waals surface area contributed by atoms with E-state index in [1.165, 1.54) is 52.7 Å². The number of benzene rings is 4. The van der Waals surface area contributed by atoms with E-state index in [2.05, 4.69) is 12.2 Å². The van der Waals surface area contributed by atoms with Gasteiger partial charge in [-0.1, -0.05) is 0 Å². The maximum absolute atomic E-state index is 13.7. The van der Waals surface area contributed by atoms with Crippen molar-refractivity contribution in [2.24, 2.45) is 0 Å². The van der Waals surface area contributed by atoms with Crippen LogP contribution in [0.5, 0.6) is 34.5 Å². The molecule has 0 saturated carbocycles. The summed E-state index contributed by atoms with van der Waals surface area (Å²) in [5, 5.41) is 0. The summed E-state index contributed by atoms with van der Waals surface area (Å²) in [5.74, 6) is 2.20. The van der Waals surface area contributed by atoms with Crippen LogP contribution in [0.15, 0.2) is 83.9 Å². The second-order valence-electron chi connectivity index (χ2n) is 12.4. The molecule has 1 saturated heterocycles. The van der Waals surface area contributed by atoms with Crippen molar-refractivity contribution in [1.82, 2.24) is 0 Å². The zero-order valence-corrected chi connectivity index (χ0v) is 30.3. The molecule has 2 unspecified atom stereocenters. The van der Waals surface area contributed by atoms with Gasteiger partial charge in [0.1, 0.15) is 0 Å². The van der Waals surface area contributed by atoms with Crippen LogP contribution in [0.4, 0.5) is 26.3 Å². The van der Waals surface area contributed by atoms with Gasteiger partial charge in [-0.25, -0.2) is 0 Å². The maximum atomic E-state index is 13.7. The van der Waals surface area contributed by atoms with E-state index in [0.717, 1.165) is 57.7 Å². The van der Waals surface area contributed by atoms with Crippen molar-refractivity contribution in [2.75, 3.05) is 28.4 Å². The third-order valence-corrected chi connectivity index (χ3v) is 19.7. The van der Waals surface area contributed by atoms with Gasteiger partial charge >= 0.3 is 297 Å². The van der Waals surface area contributed by atoms with E-state index in [9.17, 15) is 26.3 Å². The molecule has 6 nitrogen and oxygen atoms in total. The van der Waals surface area contributed by atoms with Crippen LogP contribution < -0.4 is 24.6 Å². The van der Waals surface area contributed by atoms with E-state index < -0.39 is 51.9 Å². The van der Waals surface area contributed by atoms with Gasteiger partial charge in [0, 0.05) is 0 Å². The summed E-state index contributed by atoms with van der Waals surface area (Å²) in [6, 6.07) is 16.3. The van der Waals surface area contributed by atoms with Gasteiger partial charge in [0.05, 0.1) is 0 Å². The van der Waals surface area contributed by atoms with Crippen molar-refractivity contribution in [3.63, 3.8) is 0 Å². The van der Waals surface area contributed by atoms with Crippen LogP contribution in [0.1, 0.15) is 53.5 Å². The van der Waals surface area contributed by atoms with Crippen molar-refractivity contribution in [1.29, 1.82) is 0 Å². The first kappa shape index (κ1) is 35.0.